The van der Waals surface area contributed by atoms with Crippen molar-refractivity contribution in [2.75, 3.05) is 41.9 Å². The molecule has 2 aliphatic heterocycles. The molecule has 0 radical (unpaired) electrons. The Kier molecular flexibility index (Phi) is 6.44. The lowest BCUT2D eigenvalue weighted by Gasteiger charge is -2.40. The third-order valence-corrected chi connectivity index (χ3v) is 8.54. The van der Waals surface area contributed by atoms with Gasteiger partial charge in [-0.15, -0.1) is 5.10 Å². The van der Waals surface area contributed by atoms with E-state index in [1.54, 1.807) is 12.1 Å². The van der Waals surface area contributed by atoms with Crippen LogP contribution >= 0.6 is 11.6 Å². The van der Waals surface area contributed by atoms with Crippen LogP contribution in [0.3, 0.4) is 0 Å². The second-order valence-electron chi connectivity index (χ2n) is 9.75. The summed E-state index contributed by atoms with van der Waals surface area (Å²) in [6, 6.07) is 9.30. The zero-order chi connectivity index (χ0) is 25.7. The molecule has 1 fully saturated rings. The largest absolute Gasteiger partial charge is 0.403 e. The van der Waals surface area contributed by atoms with E-state index in [1.165, 1.54) is 6.07 Å². The third kappa shape index (κ3) is 4.80. The van der Waals surface area contributed by atoms with Gasteiger partial charge in [-0.3, -0.25) is 0 Å². The Bertz CT molecular complexity index is 1380. The van der Waals surface area contributed by atoms with E-state index in [1.807, 2.05) is 35.8 Å². The first-order chi connectivity index (χ1) is 17.0. The molecule has 0 spiro atoms. The summed E-state index contributed by atoms with van der Waals surface area (Å²) in [5.41, 5.74) is 7.04. The monoisotopic (exact) mass is 535 g/mol. The van der Waals surface area contributed by atoms with Crippen molar-refractivity contribution in [2.24, 2.45) is 5.73 Å². The molecular weight excluding hydrogens is 509 g/mol. The van der Waals surface area contributed by atoms with Crippen LogP contribution in [0.15, 0.2) is 45.7 Å². The highest BCUT2D eigenvalue weighted by atomic mass is 35.5. The molecule has 1 aromatic heterocycles. The first-order valence-electron chi connectivity index (χ1n) is 11.5. The van der Waals surface area contributed by atoms with Gasteiger partial charge in [0.2, 0.25) is 0 Å². The van der Waals surface area contributed by atoms with E-state index in [0.717, 1.165) is 11.6 Å². The number of anilines is 2. The van der Waals surface area contributed by atoms with Crippen molar-refractivity contribution < 1.29 is 22.0 Å². The number of hydrogen-bond acceptors (Lipinski definition) is 9. The van der Waals surface area contributed by atoms with E-state index in [-0.39, 0.29) is 40.2 Å². The molecule has 0 aliphatic carbocycles. The van der Waals surface area contributed by atoms with E-state index in [0.29, 0.717) is 37.0 Å². The minimum absolute atomic E-state index is 0.0188. The van der Waals surface area contributed by atoms with Gasteiger partial charge in [0.05, 0.1) is 40.7 Å². The molecule has 5 rings (SSSR count). The number of nitrogens with zero attached hydrogens (tertiary/aromatic N) is 4. The molecule has 1 atom stereocenters. The molecule has 3 heterocycles. The van der Waals surface area contributed by atoms with Gasteiger partial charge < -0.3 is 24.7 Å². The van der Waals surface area contributed by atoms with Gasteiger partial charge in [-0.05, 0) is 43.7 Å². The molecular formula is C24H27ClFN5O4S. The number of nitrogens with two attached hydrogens (primary N) is 1. The minimum atomic E-state index is -3.82. The first-order valence-corrected chi connectivity index (χ1v) is 13.6. The summed E-state index contributed by atoms with van der Waals surface area (Å²) in [5.74, 6) is -1.09. The molecule has 1 saturated heterocycles. The van der Waals surface area contributed by atoms with Crippen LogP contribution in [0.4, 0.5) is 16.1 Å². The highest BCUT2D eigenvalue weighted by Gasteiger charge is 2.35. The van der Waals surface area contributed by atoms with E-state index >= 15 is 4.39 Å². The number of hydrogen-bond donors (Lipinski definition) is 1. The highest BCUT2D eigenvalue weighted by molar-refractivity contribution is 7.91. The molecule has 0 amide bonds. The van der Waals surface area contributed by atoms with Gasteiger partial charge in [0, 0.05) is 30.7 Å². The zero-order valence-electron chi connectivity index (χ0n) is 19.9. The van der Waals surface area contributed by atoms with Gasteiger partial charge in [0.25, 0.3) is 5.89 Å². The van der Waals surface area contributed by atoms with Gasteiger partial charge >= 0.3 is 6.01 Å². The van der Waals surface area contributed by atoms with Crippen LogP contribution in [0.25, 0.3) is 11.5 Å². The molecule has 3 aromatic rings. The Morgan fingerprint density at radius 2 is 1.97 bits per heavy atom. The first kappa shape index (κ1) is 24.9. The molecule has 0 saturated carbocycles. The van der Waals surface area contributed by atoms with Gasteiger partial charge in [-0.2, -0.15) is 0 Å². The summed E-state index contributed by atoms with van der Waals surface area (Å²) < 4.78 is 52.9. The number of ether oxygens (including phenoxy) is 1. The standard InChI is InChI=1S/C24H27ClFN5O4S/c1-24(2)14-34-8-7-31(24)23-29-28-22(35-23)18-9-20-21(10-19(18)26)36(32,33)13-17(27)12-30(20)11-15-3-5-16(25)6-4-15/h3-6,9-10,17H,7-8,11-14,27H2,1-2H3/t17-/m1/s1. The number of rotatable bonds is 4. The van der Waals surface area contributed by atoms with Crippen LogP contribution in [-0.4, -0.2) is 62.3 Å². The molecule has 12 heteroatoms. The molecule has 2 aliphatic rings. The topological polar surface area (TPSA) is 115 Å². The van der Waals surface area contributed by atoms with E-state index in [4.69, 9.17) is 26.5 Å². The molecule has 2 aromatic carbocycles. The van der Waals surface area contributed by atoms with E-state index < -0.39 is 21.7 Å². The molecule has 36 heavy (non-hydrogen) atoms. The predicted molar refractivity (Wildman–Crippen MR) is 134 cm³/mol. The number of benzene rings is 2. The number of halogens is 2. The van der Waals surface area contributed by atoms with Gasteiger partial charge in [0.1, 0.15) is 5.82 Å². The third-order valence-electron chi connectivity index (χ3n) is 6.42. The van der Waals surface area contributed by atoms with Crippen molar-refractivity contribution in [1.29, 1.82) is 0 Å². The van der Waals surface area contributed by atoms with Crippen molar-refractivity contribution in [1.82, 2.24) is 10.2 Å². The van der Waals surface area contributed by atoms with E-state index in [2.05, 4.69) is 10.2 Å². The molecule has 0 bridgehead atoms. The Balaban J connectivity index is 1.57. The smallest absolute Gasteiger partial charge is 0.319 e. The second-order valence-corrected chi connectivity index (χ2v) is 12.2. The predicted octanol–water partition coefficient (Wildman–Crippen LogP) is 3.27. The van der Waals surface area contributed by atoms with Crippen molar-refractivity contribution in [2.45, 2.75) is 36.9 Å². The Morgan fingerprint density at radius 3 is 2.69 bits per heavy atom. The lowest BCUT2D eigenvalue weighted by atomic mass is 10.0. The normalized spacial score (nSPS) is 21.2. The van der Waals surface area contributed by atoms with Crippen LogP contribution in [0, 0.1) is 5.82 Å². The zero-order valence-corrected chi connectivity index (χ0v) is 21.5. The number of aromatic nitrogens is 2. The van der Waals surface area contributed by atoms with Gasteiger partial charge in [0.15, 0.2) is 9.84 Å². The maximum Gasteiger partial charge on any atom is 0.319 e. The van der Waals surface area contributed by atoms with Gasteiger partial charge in [-0.25, -0.2) is 12.8 Å². The van der Waals surface area contributed by atoms with Crippen molar-refractivity contribution in [3.05, 3.63) is 52.8 Å². The SMILES string of the molecule is CC1(C)COCCN1c1nnc(-c2cc3c(cc2F)S(=O)(=O)C[C@H](N)CN3Cc2ccc(Cl)cc2)o1. The molecule has 9 nitrogen and oxygen atoms in total. The molecule has 2 N–H and O–H groups in total. The van der Waals surface area contributed by atoms with Crippen molar-refractivity contribution in [3.8, 4) is 11.5 Å². The summed E-state index contributed by atoms with van der Waals surface area (Å²) in [4.78, 5) is 3.64. The lowest BCUT2D eigenvalue weighted by Crippen LogP contribution is -2.53. The van der Waals surface area contributed by atoms with Crippen LogP contribution < -0.4 is 15.5 Å². The average Bonchev–Trinajstić information content (AvgIpc) is 3.25. The fraction of sp³-hybridized carbons (Fsp3) is 0.417. The molecule has 0 unspecified atom stereocenters. The maximum absolute atomic E-state index is 15.3. The average molecular weight is 536 g/mol. The summed E-state index contributed by atoms with van der Waals surface area (Å²) in [7, 11) is -3.82. The Morgan fingerprint density at radius 1 is 1.22 bits per heavy atom. The summed E-state index contributed by atoms with van der Waals surface area (Å²) in [6.45, 7) is 6.13. The van der Waals surface area contributed by atoms with Crippen LogP contribution in [0.1, 0.15) is 19.4 Å². The van der Waals surface area contributed by atoms with Crippen LogP contribution in [0.2, 0.25) is 5.02 Å². The van der Waals surface area contributed by atoms with Crippen LogP contribution in [-0.2, 0) is 21.1 Å². The number of fused-ring (bicyclic) bond motifs is 1. The molecule has 192 valence electrons. The quantitative estimate of drug-likeness (QED) is 0.537. The Hall–Kier alpha value is -2.73. The maximum atomic E-state index is 15.3. The second kappa shape index (κ2) is 9.29. The summed E-state index contributed by atoms with van der Waals surface area (Å²) in [5, 5.41) is 8.82. The summed E-state index contributed by atoms with van der Waals surface area (Å²) >= 11 is 6.02. The van der Waals surface area contributed by atoms with Crippen molar-refractivity contribution in [3.63, 3.8) is 0 Å². The van der Waals surface area contributed by atoms with Crippen LogP contribution in [0.5, 0.6) is 0 Å². The van der Waals surface area contributed by atoms with Crippen molar-refractivity contribution >= 4 is 33.1 Å². The summed E-state index contributed by atoms with van der Waals surface area (Å²) in [6.07, 6.45) is 0. The fourth-order valence-electron chi connectivity index (χ4n) is 4.62. The highest BCUT2D eigenvalue weighted by Crippen LogP contribution is 2.37. The van der Waals surface area contributed by atoms with E-state index in [9.17, 15) is 8.42 Å². The number of sulfone groups is 1. The fourth-order valence-corrected chi connectivity index (χ4v) is 6.38. The Labute approximate surface area is 213 Å². The number of morpholine rings is 1. The minimum Gasteiger partial charge on any atom is -0.403 e. The van der Waals surface area contributed by atoms with Gasteiger partial charge in [-0.1, -0.05) is 28.8 Å². The lowest BCUT2D eigenvalue weighted by molar-refractivity contribution is 0.0612.